The summed E-state index contributed by atoms with van der Waals surface area (Å²) in [6.45, 7) is 1.98. The Morgan fingerprint density at radius 3 is 2.68 bits per heavy atom. The predicted octanol–water partition coefficient (Wildman–Crippen LogP) is 2.73. The van der Waals surface area contributed by atoms with E-state index >= 15 is 0 Å². The molecule has 1 aliphatic rings. The SMILES string of the molecule is COc1cccc(N2N=C(c3ccc(C)cc3)OCC2=O)c1. The molecule has 5 nitrogen and oxygen atoms in total. The average Bonchev–Trinajstić information content (AvgIpc) is 2.56. The molecule has 0 spiro atoms. The molecular formula is C17H16N2O3. The number of methoxy groups -OCH3 is 1. The third-order valence-corrected chi connectivity index (χ3v) is 3.36. The van der Waals surface area contributed by atoms with Gasteiger partial charge in [-0.1, -0.05) is 23.8 Å². The summed E-state index contributed by atoms with van der Waals surface area (Å²) in [5.41, 5.74) is 2.64. The van der Waals surface area contributed by atoms with Crippen LogP contribution in [0.15, 0.2) is 53.6 Å². The first-order chi connectivity index (χ1) is 10.7. The highest BCUT2D eigenvalue weighted by Crippen LogP contribution is 2.23. The van der Waals surface area contributed by atoms with Crippen molar-refractivity contribution in [3.05, 3.63) is 59.7 Å². The fourth-order valence-corrected chi connectivity index (χ4v) is 2.15. The average molecular weight is 296 g/mol. The molecule has 2 aromatic carbocycles. The highest BCUT2D eigenvalue weighted by atomic mass is 16.5. The maximum absolute atomic E-state index is 12.1. The van der Waals surface area contributed by atoms with Crippen LogP contribution in [0.5, 0.6) is 5.75 Å². The zero-order valence-corrected chi connectivity index (χ0v) is 12.4. The molecule has 3 rings (SSSR count). The fraction of sp³-hybridized carbons (Fsp3) is 0.176. The third-order valence-electron chi connectivity index (χ3n) is 3.36. The Morgan fingerprint density at radius 1 is 1.18 bits per heavy atom. The molecule has 0 atom stereocenters. The molecule has 2 aromatic rings. The van der Waals surface area contributed by atoms with Crippen molar-refractivity contribution in [2.45, 2.75) is 6.92 Å². The number of amides is 1. The maximum Gasteiger partial charge on any atom is 0.285 e. The highest BCUT2D eigenvalue weighted by molar-refractivity contribution is 6.04. The van der Waals surface area contributed by atoms with E-state index in [1.54, 1.807) is 13.2 Å². The van der Waals surface area contributed by atoms with Crippen LogP contribution < -0.4 is 9.75 Å². The molecule has 22 heavy (non-hydrogen) atoms. The van der Waals surface area contributed by atoms with E-state index in [0.29, 0.717) is 17.3 Å². The molecule has 1 amide bonds. The fourth-order valence-electron chi connectivity index (χ4n) is 2.15. The lowest BCUT2D eigenvalue weighted by atomic mass is 10.1. The van der Waals surface area contributed by atoms with Gasteiger partial charge in [0.15, 0.2) is 6.61 Å². The van der Waals surface area contributed by atoms with Crippen molar-refractivity contribution in [2.24, 2.45) is 5.10 Å². The third kappa shape index (κ3) is 2.79. The number of nitrogens with zero attached hydrogens (tertiary/aromatic N) is 2. The summed E-state index contributed by atoms with van der Waals surface area (Å²) in [6, 6.07) is 15.0. The van der Waals surface area contributed by atoms with Gasteiger partial charge in [0.25, 0.3) is 5.91 Å². The van der Waals surface area contributed by atoms with Gasteiger partial charge in [0.1, 0.15) is 5.75 Å². The van der Waals surface area contributed by atoms with E-state index in [0.717, 1.165) is 11.1 Å². The number of anilines is 1. The number of aryl methyl sites for hydroxylation is 1. The summed E-state index contributed by atoms with van der Waals surface area (Å²) in [4.78, 5) is 12.1. The van der Waals surface area contributed by atoms with Gasteiger partial charge in [-0.05, 0) is 31.2 Å². The second kappa shape index (κ2) is 5.89. The monoisotopic (exact) mass is 296 g/mol. The van der Waals surface area contributed by atoms with Crippen LogP contribution in [-0.2, 0) is 9.53 Å². The Morgan fingerprint density at radius 2 is 1.95 bits per heavy atom. The molecule has 0 saturated carbocycles. The summed E-state index contributed by atoms with van der Waals surface area (Å²) in [7, 11) is 1.58. The second-order valence-electron chi connectivity index (χ2n) is 4.97. The van der Waals surface area contributed by atoms with Gasteiger partial charge < -0.3 is 9.47 Å². The number of carbonyl (C=O) groups is 1. The molecule has 0 saturated heterocycles. The van der Waals surface area contributed by atoms with Crippen molar-refractivity contribution in [3.63, 3.8) is 0 Å². The van der Waals surface area contributed by atoms with E-state index in [1.165, 1.54) is 5.01 Å². The van der Waals surface area contributed by atoms with Crippen molar-refractivity contribution in [1.82, 2.24) is 0 Å². The lowest BCUT2D eigenvalue weighted by Crippen LogP contribution is -2.36. The number of hydrogen-bond acceptors (Lipinski definition) is 4. The van der Waals surface area contributed by atoms with E-state index in [1.807, 2.05) is 49.4 Å². The highest BCUT2D eigenvalue weighted by Gasteiger charge is 2.24. The van der Waals surface area contributed by atoms with Gasteiger partial charge >= 0.3 is 0 Å². The van der Waals surface area contributed by atoms with Gasteiger partial charge in [-0.15, -0.1) is 5.10 Å². The van der Waals surface area contributed by atoms with Crippen LogP contribution >= 0.6 is 0 Å². The van der Waals surface area contributed by atoms with Gasteiger partial charge in [-0.25, -0.2) is 0 Å². The molecule has 0 N–H and O–H groups in total. The Kier molecular flexibility index (Phi) is 3.78. The minimum Gasteiger partial charge on any atom is -0.497 e. The Labute approximate surface area is 128 Å². The van der Waals surface area contributed by atoms with E-state index in [9.17, 15) is 4.79 Å². The molecule has 0 fully saturated rings. The van der Waals surface area contributed by atoms with Gasteiger partial charge in [-0.3, -0.25) is 4.79 Å². The predicted molar refractivity (Wildman–Crippen MR) is 84.1 cm³/mol. The zero-order chi connectivity index (χ0) is 15.5. The van der Waals surface area contributed by atoms with E-state index < -0.39 is 0 Å². The normalized spacial score (nSPS) is 14.4. The number of rotatable bonds is 3. The van der Waals surface area contributed by atoms with Gasteiger partial charge in [0.05, 0.1) is 12.8 Å². The summed E-state index contributed by atoms with van der Waals surface area (Å²) in [5, 5.41) is 5.68. The molecule has 1 heterocycles. The first-order valence-corrected chi connectivity index (χ1v) is 6.93. The van der Waals surface area contributed by atoms with Crippen molar-refractivity contribution in [1.29, 1.82) is 0 Å². The Hall–Kier alpha value is -2.82. The molecular weight excluding hydrogens is 280 g/mol. The molecule has 0 aromatic heterocycles. The van der Waals surface area contributed by atoms with Crippen LogP contribution in [0.3, 0.4) is 0 Å². The summed E-state index contributed by atoms with van der Waals surface area (Å²) >= 11 is 0. The van der Waals surface area contributed by atoms with Crippen LogP contribution in [0.25, 0.3) is 0 Å². The number of hydrazone groups is 1. The first-order valence-electron chi connectivity index (χ1n) is 6.93. The molecule has 0 radical (unpaired) electrons. The maximum atomic E-state index is 12.1. The quantitative estimate of drug-likeness (QED) is 0.875. The van der Waals surface area contributed by atoms with Gasteiger partial charge in [-0.2, -0.15) is 5.01 Å². The van der Waals surface area contributed by atoms with Crippen LogP contribution in [0.4, 0.5) is 5.69 Å². The second-order valence-corrected chi connectivity index (χ2v) is 4.97. The van der Waals surface area contributed by atoms with E-state index in [4.69, 9.17) is 9.47 Å². The van der Waals surface area contributed by atoms with Crippen molar-refractivity contribution < 1.29 is 14.3 Å². The number of ether oxygens (including phenoxy) is 2. The first kappa shape index (κ1) is 14.1. The Balaban J connectivity index is 1.96. The summed E-state index contributed by atoms with van der Waals surface area (Å²) in [5.74, 6) is 0.885. The molecule has 0 aliphatic carbocycles. The minimum absolute atomic E-state index is 0.0378. The van der Waals surface area contributed by atoms with Crippen molar-refractivity contribution in [3.8, 4) is 5.75 Å². The minimum atomic E-state index is -0.218. The van der Waals surface area contributed by atoms with Crippen molar-refractivity contribution in [2.75, 3.05) is 18.7 Å². The topological polar surface area (TPSA) is 51.1 Å². The standard InChI is InChI=1S/C17H16N2O3/c1-12-6-8-13(9-7-12)17-18-19(16(20)11-22-17)14-4-3-5-15(10-14)21-2/h3-10H,11H2,1-2H3. The van der Waals surface area contributed by atoms with Gasteiger partial charge in [0, 0.05) is 11.6 Å². The van der Waals surface area contributed by atoms with E-state index in [2.05, 4.69) is 5.10 Å². The lowest BCUT2D eigenvalue weighted by molar-refractivity contribution is -0.121. The number of hydrogen-bond donors (Lipinski definition) is 0. The lowest BCUT2D eigenvalue weighted by Gasteiger charge is -2.24. The molecule has 0 bridgehead atoms. The Bertz CT molecular complexity index is 723. The molecule has 1 aliphatic heterocycles. The molecule has 5 heteroatoms. The largest absolute Gasteiger partial charge is 0.497 e. The van der Waals surface area contributed by atoms with Crippen LogP contribution in [-0.4, -0.2) is 25.5 Å². The number of benzene rings is 2. The van der Waals surface area contributed by atoms with E-state index in [-0.39, 0.29) is 12.5 Å². The molecule has 112 valence electrons. The smallest absolute Gasteiger partial charge is 0.285 e. The van der Waals surface area contributed by atoms with Crippen LogP contribution in [0.2, 0.25) is 0 Å². The molecule has 0 unspecified atom stereocenters. The summed E-state index contributed by atoms with van der Waals surface area (Å²) in [6.07, 6.45) is 0. The number of carbonyl (C=O) groups excluding carboxylic acids is 1. The van der Waals surface area contributed by atoms with Crippen molar-refractivity contribution >= 4 is 17.5 Å². The van der Waals surface area contributed by atoms with Gasteiger partial charge in [0.2, 0.25) is 5.90 Å². The van der Waals surface area contributed by atoms with Crippen LogP contribution in [0.1, 0.15) is 11.1 Å². The zero-order valence-electron chi connectivity index (χ0n) is 12.4. The van der Waals surface area contributed by atoms with Crippen LogP contribution in [0, 0.1) is 6.92 Å². The summed E-state index contributed by atoms with van der Waals surface area (Å²) < 4.78 is 10.6.